The van der Waals surface area contributed by atoms with Gasteiger partial charge in [0.15, 0.2) is 29.1 Å². The van der Waals surface area contributed by atoms with E-state index in [1.807, 2.05) is 167 Å². The molecule has 0 aliphatic rings. The average molecular weight is 1930 g/mol. The van der Waals surface area contributed by atoms with E-state index < -0.39 is 0 Å². The second-order valence-electron chi connectivity index (χ2n) is 37.9. The summed E-state index contributed by atoms with van der Waals surface area (Å²) in [7, 11) is 0. The van der Waals surface area contributed by atoms with E-state index in [1.165, 1.54) is 0 Å². The Hall–Kier alpha value is -19.8. The normalized spacial score (nSPS) is 11.4. The molecule has 0 N–H and O–H groups in total. The van der Waals surface area contributed by atoms with Gasteiger partial charge in [0, 0.05) is 168 Å². The van der Waals surface area contributed by atoms with E-state index in [-0.39, 0.29) is 0 Å². The van der Waals surface area contributed by atoms with Crippen LogP contribution in [0.25, 0.3) is 267 Å². The van der Waals surface area contributed by atoms with Gasteiger partial charge < -0.3 is 0 Å². The van der Waals surface area contributed by atoms with Gasteiger partial charge in [-0.2, -0.15) is 0 Å². The van der Waals surface area contributed by atoms with Crippen molar-refractivity contribution < 1.29 is 0 Å². The number of pyridine rings is 9. The predicted molar refractivity (Wildman–Crippen MR) is 612 cm³/mol. The lowest BCUT2D eigenvalue weighted by Gasteiger charge is -2.13. The highest BCUT2D eigenvalue weighted by Gasteiger charge is 2.23. The minimum atomic E-state index is 0.591. The molecule has 0 unspecified atom stereocenters. The van der Waals surface area contributed by atoms with E-state index in [1.54, 1.807) is 0 Å². The Balaban J connectivity index is 0.000000116. The minimum absolute atomic E-state index is 0.591. The maximum atomic E-state index is 5.20. The Labute approximate surface area is 865 Å². The van der Waals surface area contributed by atoms with Crippen molar-refractivity contribution in [2.24, 2.45) is 0 Å². The van der Waals surface area contributed by atoms with Gasteiger partial charge in [-0.3, -0.25) is 29.9 Å². The van der Waals surface area contributed by atoms with E-state index >= 15 is 0 Å². The van der Waals surface area contributed by atoms with Crippen molar-refractivity contribution in [3.8, 4) is 169 Å². The summed E-state index contributed by atoms with van der Waals surface area (Å²) in [4.78, 5) is 79.9. The molecule has 0 aliphatic carbocycles. The van der Waals surface area contributed by atoms with Crippen LogP contribution in [0.5, 0.6) is 0 Å². The lowest BCUT2D eigenvalue weighted by atomic mass is 9.98. The number of rotatable bonds is 15. The molecule has 16 nitrogen and oxygen atoms in total. The molecule has 27 rings (SSSR count). The molecule has 12 aromatic heterocycles. The number of para-hydroxylation sites is 3. The number of aryl methyl sites for hydroxylation is 6. The molecule has 0 amide bonds. The topological polar surface area (TPSA) is 206 Å². The largest absolute Gasteiger partial charge is 0.256 e. The summed E-state index contributed by atoms with van der Waals surface area (Å²) in [5.41, 5.74) is 39.0. The van der Waals surface area contributed by atoms with Crippen molar-refractivity contribution in [3.63, 3.8) is 0 Å². The second-order valence-corrected chi connectivity index (χ2v) is 37.9. The monoisotopic (exact) mass is 1920 g/mol. The van der Waals surface area contributed by atoms with Gasteiger partial charge in [-0.1, -0.05) is 328 Å². The van der Waals surface area contributed by atoms with Crippen LogP contribution in [-0.2, 0) is 0 Å². The van der Waals surface area contributed by atoms with E-state index in [2.05, 4.69) is 324 Å². The highest BCUT2D eigenvalue weighted by Crippen LogP contribution is 2.42. The summed E-state index contributed by atoms with van der Waals surface area (Å²) in [6, 6.07) is 148. The van der Waals surface area contributed by atoms with Gasteiger partial charge in [0.1, 0.15) is 0 Å². The average Bonchev–Trinajstić information content (AvgIpc) is 0.833. The SMILES string of the molecule is Cc1ccc2ccc3c(C)cc(-c4cccc(-c5cc(-c6cccc(-c7cccc8cccnc78)c6)nc(-c6ccccc6)n5)c4)nc3c2n1.Cc1ccc2ccc3c(C)cc(-c4cccc(-c5nc(-c6ccccc6)cc(-c6cccc(-c7cccc8cccnc78)c6)n5)c4)nc3c2n1.Cc1ccc2ccc3c(C)cc(-c4cccc(-c5nc(-c6ccccc6)nc(-c6cccc(-c7cccc8cccnc78)c6)n5)c4)nc3c2n1. The zero-order chi connectivity index (χ0) is 101. The number of benzene rings is 15. The fourth-order valence-electron chi connectivity index (χ4n) is 20.2. The van der Waals surface area contributed by atoms with Gasteiger partial charge in [0.25, 0.3) is 0 Å². The zero-order valence-corrected chi connectivity index (χ0v) is 82.9. The van der Waals surface area contributed by atoms with Crippen molar-refractivity contribution in [1.82, 2.24) is 79.7 Å². The van der Waals surface area contributed by atoms with Crippen LogP contribution in [0.3, 0.4) is 0 Å². The molecule has 15 aromatic carbocycles. The summed E-state index contributed by atoms with van der Waals surface area (Å²) < 4.78 is 0. The Morgan fingerprint density at radius 1 is 0.133 bits per heavy atom. The van der Waals surface area contributed by atoms with Crippen molar-refractivity contribution in [2.45, 2.75) is 41.5 Å². The molecular formula is C134H92N16. The molecule has 0 saturated heterocycles. The molecule has 0 atom stereocenters. The van der Waals surface area contributed by atoms with Gasteiger partial charge in [0.05, 0.1) is 89.5 Å². The molecular weight excluding hydrogens is 1830 g/mol. The standard InChI is InChI=1S/2C45H31N5.C44H30N6/c1-28-24-39(48-44-37(28)22-21-31-20-19-29(2)47-43(31)44)35-15-7-16-36(26-35)41-27-40(49-45(50-41)32-10-4-3-5-11-32)34-14-6-13-33(25-34)38-18-8-12-30-17-9-23-46-42(30)38;1-28-24-39(48-44-37(28)22-21-32-20-19-29(2)47-43(32)44)35-15-7-16-36(26-35)45-49-40(30-10-4-3-5-11-30)27-41(50-45)34-14-6-13-33(25-34)38-18-8-12-31-17-9-23-46-42(31)38;1-27-24-38(47-41-36(27)22-21-30-20-19-28(2)46-40(30)41)33-14-7-16-35(26-33)44-49-42(31-10-4-3-5-11-31)48-43(50-44)34-15-6-13-32(25-34)37-18-8-12-29-17-9-23-45-39(29)37/h2*3-27H,1-2H3;3-26H,1-2H3. The van der Waals surface area contributed by atoms with Crippen LogP contribution >= 0.6 is 0 Å². The third-order valence-corrected chi connectivity index (χ3v) is 27.7. The van der Waals surface area contributed by atoms with Crippen LogP contribution < -0.4 is 0 Å². The third-order valence-electron chi connectivity index (χ3n) is 27.7. The Kier molecular flexibility index (Phi) is 24.0. The van der Waals surface area contributed by atoms with Crippen LogP contribution in [0, 0.1) is 41.5 Å². The van der Waals surface area contributed by atoms with Crippen LogP contribution in [-0.4, -0.2) is 79.7 Å². The van der Waals surface area contributed by atoms with E-state index in [0.29, 0.717) is 29.1 Å². The fourth-order valence-corrected chi connectivity index (χ4v) is 20.2. The number of hydrogen-bond donors (Lipinski definition) is 0. The van der Waals surface area contributed by atoms with Crippen molar-refractivity contribution >= 4 is 98.1 Å². The number of hydrogen-bond acceptors (Lipinski definition) is 16. The van der Waals surface area contributed by atoms with Gasteiger partial charge in [-0.25, -0.2) is 49.8 Å². The Bertz CT molecular complexity index is 9100. The maximum absolute atomic E-state index is 5.20. The van der Waals surface area contributed by atoms with Crippen molar-refractivity contribution in [2.75, 3.05) is 0 Å². The van der Waals surface area contributed by atoms with Crippen LogP contribution in [0.1, 0.15) is 33.8 Å². The molecule has 0 spiro atoms. The van der Waals surface area contributed by atoms with E-state index in [0.717, 1.165) is 272 Å². The molecule has 708 valence electrons. The Morgan fingerprint density at radius 3 is 0.693 bits per heavy atom. The summed E-state index contributed by atoms with van der Waals surface area (Å²) in [5.74, 6) is 3.13. The lowest BCUT2D eigenvalue weighted by Crippen LogP contribution is -2.00. The maximum Gasteiger partial charge on any atom is 0.164 e. The number of aromatic nitrogens is 16. The number of fused-ring (bicyclic) bond motifs is 12. The van der Waals surface area contributed by atoms with Crippen LogP contribution in [0.15, 0.2) is 449 Å². The van der Waals surface area contributed by atoms with Crippen LogP contribution in [0.2, 0.25) is 0 Å². The first kappa shape index (κ1) is 91.4. The van der Waals surface area contributed by atoms with E-state index in [4.69, 9.17) is 79.7 Å². The highest BCUT2D eigenvalue weighted by molar-refractivity contribution is 6.08. The molecule has 0 radical (unpaired) electrons. The van der Waals surface area contributed by atoms with Gasteiger partial charge in [-0.15, -0.1) is 0 Å². The van der Waals surface area contributed by atoms with Gasteiger partial charge >= 0.3 is 0 Å². The molecule has 12 heterocycles. The molecule has 27 aromatic rings. The lowest BCUT2D eigenvalue weighted by molar-refractivity contribution is 1.07. The molecule has 0 aliphatic heterocycles. The molecule has 0 saturated carbocycles. The first-order valence-electron chi connectivity index (χ1n) is 50.1. The van der Waals surface area contributed by atoms with Crippen molar-refractivity contribution in [3.05, 3.63) is 483 Å². The second kappa shape index (κ2) is 39.4. The summed E-state index contributed by atoms with van der Waals surface area (Å²) in [6.45, 7) is 12.5. The number of nitrogens with zero attached hydrogens (tertiary/aromatic N) is 16. The molecule has 150 heavy (non-hydrogen) atoms. The van der Waals surface area contributed by atoms with Crippen LogP contribution in [0.4, 0.5) is 0 Å². The quantitative estimate of drug-likeness (QED) is 0.0875. The first-order valence-corrected chi connectivity index (χ1v) is 50.1. The highest BCUT2D eigenvalue weighted by atomic mass is 15.0. The summed E-state index contributed by atoms with van der Waals surface area (Å²) in [5, 5.41) is 9.90. The van der Waals surface area contributed by atoms with Gasteiger partial charge in [0.2, 0.25) is 0 Å². The molecule has 0 bridgehead atoms. The minimum Gasteiger partial charge on any atom is -0.256 e. The smallest absolute Gasteiger partial charge is 0.164 e. The van der Waals surface area contributed by atoms with Gasteiger partial charge in [-0.05, 0) is 178 Å². The predicted octanol–water partition coefficient (Wildman–Crippen LogP) is 32.6. The summed E-state index contributed by atoms with van der Waals surface area (Å²) in [6.07, 6.45) is 5.53. The third kappa shape index (κ3) is 18.2. The Morgan fingerprint density at radius 2 is 0.360 bits per heavy atom. The molecule has 16 heteroatoms. The summed E-state index contributed by atoms with van der Waals surface area (Å²) >= 11 is 0. The fraction of sp³-hybridized carbons (Fsp3) is 0.0448. The van der Waals surface area contributed by atoms with Crippen molar-refractivity contribution in [1.29, 1.82) is 0 Å². The first-order chi connectivity index (χ1) is 73.7. The van der Waals surface area contributed by atoms with E-state index in [9.17, 15) is 0 Å². The molecule has 0 fully saturated rings. The zero-order valence-electron chi connectivity index (χ0n) is 82.9.